The quantitative estimate of drug-likeness (QED) is 0.472. The van der Waals surface area contributed by atoms with Crippen LogP contribution in [-0.4, -0.2) is 43.3 Å². The molecule has 28 heavy (non-hydrogen) atoms. The summed E-state index contributed by atoms with van der Waals surface area (Å²) in [5.74, 6) is -2.82. The second-order valence-electron chi connectivity index (χ2n) is 5.56. The van der Waals surface area contributed by atoms with Crippen molar-refractivity contribution < 1.29 is 28.3 Å². The van der Waals surface area contributed by atoms with E-state index in [2.05, 4.69) is 26.6 Å². The monoisotopic (exact) mass is 450 g/mol. The zero-order valence-electron chi connectivity index (χ0n) is 14.5. The van der Waals surface area contributed by atoms with Crippen LogP contribution in [0, 0.1) is 5.82 Å². The molecule has 0 radical (unpaired) electrons. The Labute approximate surface area is 168 Å². The van der Waals surface area contributed by atoms with Gasteiger partial charge < -0.3 is 15.4 Å². The van der Waals surface area contributed by atoms with Crippen LogP contribution in [0.4, 0.5) is 4.39 Å². The van der Waals surface area contributed by atoms with Gasteiger partial charge in [0.2, 0.25) is 5.91 Å². The second kappa shape index (κ2) is 10.3. The molecule has 0 fully saturated rings. The number of carbonyl (C=O) groups is 4. The van der Waals surface area contributed by atoms with Crippen molar-refractivity contribution in [2.24, 2.45) is 0 Å². The minimum Gasteiger partial charge on any atom is -0.456 e. The van der Waals surface area contributed by atoms with Gasteiger partial charge in [0.15, 0.2) is 12.4 Å². The molecule has 2 N–H and O–H groups in total. The van der Waals surface area contributed by atoms with Gasteiger partial charge in [-0.05, 0) is 48.5 Å². The van der Waals surface area contributed by atoms with Gasteiger partial charge in [-0.3, -0.25) is 19.2 Å². The lowest BCUT2D eigenvalue weighted by Crippen LogP contribution is -2.39. The Hall–Kier alpha value is -3.07. The van der Waals surface area contributed by atoms with Crippen LogP contribution in [0.5, 0.6) is 0 Å². The van der Waals surface area contributed by atoms with E-state index in [9.17, 15) is 23.6 Å². The number of halogens is 2. The van der Waals surface area contributed by atoms with Gasteiger partial charge in [-0.1, -0.05) is 15.9 Å². The summed E-state index contributed by atoms with van der Waals surface area (Å²) in [7, 11) is 0. The molecule has 0 aromatic heterocycles. The van der Waals surface area contributed by atoms with E-state index in [0.717, 1.165) is 16.6 Å². The average molecular weight is 451 g/mol. The molecule has 0 unspecified atom stereocenters. The highest BCUT2D eigenvalue weighted by molar-refractivity contribution is 9.10. The van der Waals surface area contributed by atoms with Gasteiger partial charge in [0.1, 0.15) is 12.4 Å². The van der Waals surface area contributed by atoms with E-state index in [-0.39, 0.29) is 12.1 Å². The molecule has 0 saturated heterocycles. The van der Waals surface area contributed by atoms with Gasteiger partial charge in [0, 0.05) is 15.6 Å². The normalized spacial score (nSPS) is 10.1. The Morgan fingerprint density at radius 2 is 1.46 bits per heavy atom. The summed E-state index contributed by atoms with van der Waals surface area (Å²) in [6.45, 7) is -1.30. The molecule has 146 valence electrons. The number of Topliss-reactive ketones (excluding diaryl/α,β-unsaturated/α-hetero) is 1. The summed E-state index contributed by atoms with van der Waals surface area (Å²) in [5, 5.41) is 4.69. The van der Waals surface area contributed by atoms with Crippen LogP contribution in [0.1, 0.15) is 20.7 Å². The number of ketones is 1. The molecular weight excluding hydrogens is 435 g/mol. The molecule has 0 saturated carbocycles. The van der Waals surface area contributed by atoms with Crippen molar-refractivity contribution in [1.29, 1.82) is 0 Å². The molecule has 0 aliphatic carbocycles. The Kier molecular flexibility index (Phi) is 7.82. The summed E-state index contributed by atoms with van der Waals surface area (Å²) in [6.07, 6.45) is 0. The predicted octanol–water partition coefficient (Wildman–Crippen LogP) is 1.86. The molecular formula is C19H16BrFN2O5. The molecule has 0 atom stereocenters. The molecule has 0 bridgehead atoms. The lowest BCUT2D eigenvalue weighted by Gasteiger charge is -2.08. The summed E-state index contributed by atoms with van der Waals surface area (Å²) in [4.78, 5) is 46.9. The molecule has 0 aliphatic rings. The average Bonchev–Trinajstić information content (AvgIpc) is 2.69. The Morgan fingerprint density at radius 3 is 2.11 bits per heavy atom. The Morgan fingerprint density at radius 1 is 0.857 bits per heavy atom. The molecule has 2 rings (SSSR count). The maximum absolute atomic E-state index is 12.8. The first kappa shape index (κ1) is 21.2. The van der Waals surface area contributed by atoms with Crippen molar-refractivity contribution in [3.63, 3.8) is 0 Å². The first-order valence-corrected chi connectivity index (χ1v) is 8.89. The van der Waals surface area contributed by atoms with E-state index in [1.807, 2.05) is 0 Å². The highest BCUT2D eigenvalue weighted by atomic mass is 79.9. The van der Waals surface area contributed by atoms with Gasteiger partial charge in [-0.2, -0.15) is 0 Å². The third kappa shape index (κ3) is 6.92. The van der Waals surface area contributed by atoms with Crippen molar-refractivity contribution in [1.82, 2.24) is 10.6 Å². The highest BCUT2D eigenvalue weighted by Gasteiger charge is 2.12. The van der Waals surface area contributed by atoms with E-state index in [0.29, 0.717) is 5.56 Å². The van der Waals surface area contributed by atoms with E-state index >= 15 is 0 Å². The van der Waals surface area contributed by atoms with Crippen LogP contribution in [0.2, 0.25) is 0 Å². The predicted molar refractivity (Wildman–Crippen MR) is 101 cm³/mol. The number of amides is 2. The lowest BCUT2D eigenvalue weighted by atomic mass is 10.1. The Bertz CT molecular complexity index is 795. The van der Waals surface area contributed by atoms with Gasteiger partial charge in [0.25, 0.3) is 5.91 Å². The number of hydrogen-bond donors (Lipinski definition) is 2. The molecule has 2 amide bonds. The van der Waals surface area contributed by atoms with Crippen LogP contribution < -0.4 is 10.6 Å². The van der Waals surface area contributed by atoms with Crippen LogP contribution in [0.25, 0.3) is 0 Å². The molecule has 2 aromatic carbocycles. The number of esters is 1. The molecule has 2 aromatic rings. The van der Waals surface area contributed by atoms with E-state index in [1.54, 1.807) is 24.3 Å². The maximum Gasteiger partial charge on any atom is 0.325 e. The molecule has 7 nitrogen and oxygen atoms in total. The fourth-order valence-electron chi connectivity index (χ4n) is 2.01. The fourth-order valence-corrected chi connectivity index (χ4v) is 2.28. The minimum absolute atomic E-state index is 0.203. The number of benzene rings is 2. The summed E-state index contributed by atoms with van der Waals surface area (Å²) in [6, 6.07) is 11.4. The molecule has 0 heterocycles. The first-order valence-electron chi connectivity index (χ1n) is 8.10. The van der Waals surface area contributed by atoms with Crippen LogP contribution in [-0.2, 0) is 14.3 Å². The third-order valence-corrected chi connectivity index (χ3v) is 4.00. The van der Waals surface area contributed by atoms with E-state index in [4.69, 9.17) is 4.74 Å². The van der Waals surface area contributed by atoms with E-state index in [1.165, 1.54) is 12.1 Å². The zero-order valence-corrected chi connectivity index (χ0v) is 16.1. The first-order chi connectivity index (χ1) is 13.3. The molecule has 0 aliphatic heterocycles. The van der Waals surface area contributed by atoms with Crippen molar-refractivity contribution in [3.05, 3.63) is 69.9 Å². The number of carbonyl (C=O) groups excluding carboxylic acids is 4. The molecule has 9 heteroatoms. The third-order valence-electron chi connectivity index (χ3n) is 3.48. The number of hydrogen-bond acceptors (Lipinski definition) is 5. The Balaban J connectivity index is 1.67. The number of rotatable bonds is 8. The van der Waals surface area contributed by atoms with Gasteiger partial charge in [0.05, 0.1) is 6.54 Å². The van der Waals surface area contributed by atoms with Crippen LogP contribution in [0.3, 0.4) is 0 Å². The summed E-state index contributed by atoms with van der Waals surface area (Å²) in [5.41, 5.74) is 0.587. The second-order valence-corrected chi connectivity index (χ2v) is 6.47. The minimum atomic E-state index is -0.817. The van der Waals surface area contributed by atoms with Crippen LogP contribution in [0.15, 0.2) is 53.0 Å². The van der Waals surface area contributed by atoms with Gasteiger partial charge in [-0.15, -0.1) is 0 Å². The van der Waals surface area contributed by atoms with Gasteiger partial charge in [-0.25, -0.2) is 4.39 Å². The smallest absolute Gasteiger partial charge is 0.325 e. The SMILES string of the molecule is O=C(CNC(=O)c1ccc(Br)cc1)NCC(=O)OCC(=O)c1ccc(F)cc1. The van der Waals surface area contributed by atoms with Crippen molar-refractivity contribution in [2.75, 3.05) is 19.7 Å². The number of ether oxygens (including phenoxy) is 1. The number of nitrogens with one attached hydrogen (secondary N) is 2. The van der Waals surface area contributed by atoms with Gasteiger partial charge >= 0.3 is 5.97 Å². The zero-order chi connectivity index (χ0) is 20.5. The summed E-state index contributed by atoms with van der Waals surface area (Å²) >= 11 is 3.25. The van der Waals surface area contributed by atoms with Crippen molar-refractivity contribution in [2.45, 2.75) is 0 Å². The van der Waals surface area contributed by atoms with Crippen molar-refractivity contribution in [3.8, 4) is 0 Å². The summed E-state index contributed by atoms with van der Waals surface area (Å²) < 4.78 is 18.4. The highest BCUT2D eigenvalue weighted by Crippen LogP contribution is 2.10. The lowest BCUT2D eigenvalue weighted by molar-refractivity contribution is -0.142. The fraction of sp³-hybridized carbons (Fsp3) is 0.158. The standard InChI is InChI=1S/C19H16BrFN2O5/c20-14-5-1-13(2-6-14)19(27)23-9-17(25)22-10-18(26)28-11-16(24)12-3-7-15(21)8-4-12/h1-8H,9-11H2,(H,22,25)(H,23,27). The van der Waals surface area contributed by atoms with Crippen LogP contribution >= 0.6 is 15.9 Å². The van der Waals surface area contributed by atoms with E-state index < -0.39 is 42.5 Å². The topological polar surface area (TPSA) is 102 Å². The maximum atomic E-state index is 12.8. The molecule has 0 spiro atoms. The largest absolute Gasteiger partial charge is 0.456 e. The van der Waals surface area contributed by atoms with Crippen molar-refractivity contribution >= 4 is 39.5 Å².